The second-order valence-electron chi connectivity index (χ2n) is 5.40. The lowest BCUT2D eigenvalue weighted by atomic mass is 10.3. The van der Waals surface area contributed by atoms with Crippen LogP contribution in [-0.4, -0.2) is 28.1 Å². The van der Waals surface area contributed by atoms with Crippen molar-refractivity contribution in [3.05, 3.63) is 60.3 Å². The van der Waals surface area contributed by atoms with Gasteiger partial charge in [-0.05, 0) is 49.4 Å². The van der Waals surface area contributed by atoms with Crippen molar-refractivity contribution >= 4 is 27.4 Å². The Morgan fingerprint density at radius 1 is 1.18 bits per heavy atom. The number of esters is 1. The summed E-state index contributed by atoms with van der Waals surface area (Å²) in [7, 11) is -2.31. The van der Waals surface area contributed by atoms with Crippen molar-refractivity contribution in [2.45, 2.75) is 11.8 Å². The molecule has 0 aliphatic heterocycles. The molecule has 2 N–H and O–H groups in total. The molecule has 9 heteroatoms. The lowest BCUT2D eigenvalue weighted by Crippen LogP contribution is -2.13. The molecule has 0 spiro atoms. The third kappa shape index (κ3) is 5.49. The average Bonchev–Trinajstić information content (AvgIpc) is 2.69. The van der Waals surface area contributed by atoms with E-state index < -0.39 is 16.0 Å². The number of anilines is 2. The van der Waals surface area contributed by atoms with Crippen molar-refractivity contribution in [2.75, 3.05) is 23.8 Å². The first kappa shape index (κ1) is 20.8. The molecule has 0 heterocycles. The van der Waals surface area contributed by atoms with Gasteiger partial charge in [-0.25, -0.2) is 13.2 Å². The van der Waals surface area contributed by atoms with E-state index in [0.717, 1.165) is 0 Å². The van der Waals surface area contributed by atoms with E-state index in [-0.39, 0.29) is 17.1 Å². The molecular weight excluding hydrogens is 382 g/mol. The smallest absolute Gasteiger partial charge is 0.350 e. The van der Waals surface area contributed by atoms with Crippen molar-refractivity contribution in [3.8, 4) is 11.8 Å². The quantitative estimate of drug-likeness (QED) is 0.397. The van der Waals surface area contributed by atoms with Gasteiger partial charge in [-0.15, -0.1) is 0 Å². The lowest BCUT2D eigenvalue weighted by molar-refractivity contribution is -0.138. The van der Waals surface area contributed by atoms with Gasteiger partial charge in [-0.3, -0.25) is 4.72 Å². The van der Waals surface area contributed by atoms with Gasteiger partial charge in [0.15, 0.2) is 5.57 Å². The van der Waals surface area contributed by atoms with E-state index in [0.29, 0.717) is 17.1 Å². The first-order chi connectivity index (χ1) is 13.4. The second kappa shape index (κ2) is 9.43. The number of ether oxygens (including phenoxy) is 2. The molecule has 0 radical (unpaired) electrons. The molecule has 0 atom stereocenters. The Labute approximate surface area is 163 Å². The van der Waals surface area contributed by atoms with Gasteiger partial charge < -0.3 is 14.8 Å². The van der Waals surface area contributed by atoms with Crippen LogP contribution in [0.5, 0.6) is 5.75 Å². The van der Waals surface area contributed by atoms with Gasteiger partial charge in [0.05, 0.1) is 18.6 Å². The monoisotopic (exact) mass is 401 g/mol. The topological polar surface area (TPSA) is 118 Å². The van der Waals surface area contributed by atoms with Gasteiger partial charge in [-0.1, -0.05) is 6.07 Å². The highest BCUT2D eigenvalue weighted by atomic mass is 32.2. The third-order valence-corrected chi connectivity index (χ3v) is 4.86. The maximum Gasteiger partial charge on any atom is 0.350 e. The molecule has 0 aliphatic carbocycles. The molecule has 0 aromatic heterocycles. The van der Waals surface area contributed by atoms with Crippen LogP contribution in [0.15, 0.2) is 65.2 Å². The highest BCUT2D eigenvalue weighted by molar-refractivity contribution is 7.92. The number of benzene rings is 2. The summed E-state index contributed by atoms with van der Waals surface area (Å²) in [6.45, 7) is 1.77. The largest absolute Gasteiger partial charge is 0.497 e. The second-order valence-corrected chi connectivity index (χ2v) is 7.08. The number of nitriles is 1. The summed E-state index contributed by atoms with van der Waals surface area (Å²) in [5.74, 6) is -0.154. The number of carbonyl (C=O) groups excluding carboxylic acids is 1. The van der Waals surface area contributed by atoms with Crippen molar-refractivity contribution in [3.63, 3.8) is 0 Å². The predicted octanol–water partition coefficient (Wildman–Crippen LogP) is 2.88. The molecule has 2 aromatic carbocycles. The molecule has 0 unspecified atom stereocenters. The molecule has 0 fully saturated rings. The van der Waals surface area contributed by atoms with E-state index in [2.05, 4.69) is 10.0 Å². The summed E-state index contributed by atoms with van der Waals surface area (Å²) >= 11 is 0. The normalized spacial score (nSPS) is 11.2. The maximum atomic E-state index is 12.6. The Morgan fingerprint density at radius 3 is 2.50 bits per heavy atom. The van der Waals surface area contributed by atoms with Crippen LogP contribution in [0.4, 0.5) is 11.4 Å². The van der Waals surface area contributed by atoms with Gasteiger partial charge in [0.2, 0.25) is 0 Å². The van der Waals surface area contributed by atoms with E-state index in [4.69, 9.17) is 14.7 Å². The van der Waals surface area contributed by atoms with Gasteiger partial charge in [-0.2, -0.15) is 5.26 Å². The standard InChI is InChI=1S/C19H19N3O5S/c1-3-27-19(23)14(12-20)13-21-16-5-4-6-18(11-16)28(24,25)22-15-7-9-17(26-2)10-8-15/h4-11,13,21-22H,3H2,1-2H3/b14-13+. The van der Waals surface area contributed by atoms with Crippen LogP contribution in [-0.2, 0) is 19.6 Å². The molecule has 28 heavy (non-hydrogen) atoms. The molecule has 0 saturated heterocycles. The van der Waals surface area contributed by atoms with Crippen molar-refractivity contribution in [1.82, 2.24) is 0 Å². The number of hydrogen-bond donors (Lipinski definition) is 2. The van der Waals surface area contributed by atoms with Gasteiger partial charge in [0.25, 0.3) is 10.0 Å². The molecule has 0 bridgehead atoms. The molecule has 146 valence electrons. The fraction of sp³-hybridized carbons (Fsp3) is 0.158. The van der Waals surface area contributed by atoms with E-state index in [1.165, 1.54) is 31.5 Å². The van der Waals surface area contributed by atoms with E-state index in [1.807, 2.05) is 0 Å². The first-order valence-corrected chi connectivity index (χ1v) is 9.68. The molecule has 2 aromatic rings. The molecule has 8 nitrogen and oxygen atoms in total. The number of rotatable bonds is 8. The Hall–Kier alpha value is -3.51. The average molecular weight is 401 g/mol. The molecule has 2 rings (SSSR count). The number of nitrogens with zero attached hydrogens (tertiary/aromatic N) is 1. The number of nitrogens with one attached hydrogen (secondary N) is 2. The molecular formula is C19H19N3O5S. The molecule has 0 amide bonds. The van der Waals surface area contributed by atoms with Crippen molar-refractivity contribution in [2.24, 2.45) is 0 Å². The number of methoxy groups -OCH3 is 1. The maximum absolute atomic E-state index is 12.6. The summed E-state index contributed by atoms with van der Waals surface area (Å²) in [4.78, 5) is 11.6. The summed E-state index contributed by atoms with van der Waals surface area (Å²) < 4.78 is 37.4. The van der Waals surface area contributed by atoms with E-state index in [9.17, 15) is 13.2 Å². The number of hydrogen-bond acceptors (Lipinski definition) is 7. The Morgan fingerprint density at radius 2 is 1.89 bits per heavy atom. The minimum absolute atomic E-state index is 0.0105. The fourth-order valence-electron chi connectivity index (χ4n) is 2.13. The summed E-state index contributed by atoms with van der Waals surface area (Å²) in [5, 5.41) is 11.7. The zero-order valence-electron chi connectivity index (χ0n) is 15.3. The van der Waals surface area contributed by atoms with Crippen LogP contribution in [0.25, 0.3) is 0 Å². The Kier molecular flexibility index (Phi) is 7.01. The number of carbonyl (C=O) groups is 1. The summed E-state index contributed by atoms with van der Waals surface area (Å²) in [5.41, 5.74) is 0.536. The van der Waals surface area contributed by atoms with Gasteiger partial charge in [0.1, 0.15) is 11.8 Å². The highest BCUT2D eigenvalue weighted by Gasteiger charge is 2.15. The zero-order chi connectivity index (χ0) is 20.6. The first-order valence-electron chi connectivity index (χ1n) is 8.20. The van der Waals surface area contributed by atoms with Crippen molar-refractivity contribution < 1.29 is 22.7 Å². The van der Waals surface area contributed by atoms with Crippen LogP contribution < -0.4 is 14.8 Å². The summed E-state index contributed by atoms with van der Waals surface area (Å²) in [6.07, 6.45) is 1.17. The fourth-order valence-corrected chi connectivity index (χ4v) is 3.23. The van der Waals surface area contributed by atoms with Crippen LogP contribution in [0.2, 0.25) is 0 Å². The minimum Gasteiger partial charge on any atom is -0.497 e. The van der Waals surface area contributed by atoms with Gasteiger partial charge >= 0.3 is 5.97 Å². The summed E-state index contributed by atoms with van der Waals surface area (Å²) in [6, 6.07) is 14.1. The Balaban J connectivity index is 2.18. The molecule has 0 aliphatic rings. The molecule has 0 saturated carbocycles. The van der Waals surface area contributed by atoms with Crippen molar-refractivity contribution in [1.29, 1.82) is 5.26 Å². The third-order valence-electron chi connectivity index (χ3n) is 3.49. The van der Waals surface area contributed by atoms with Crippen LogP contribution in [0, 0.1) is 11.3 Å². The Bertz CT molecular complexity index is 1010. The SMILES string of the molecule is CCOC(=O)/C(C#N)=C/Nc1cccc(S(=O)(=O)Nc2ccc(OC)cc2)c1. The van der Waals surface area contributed by atoms with E-state index >= 15 is 0 Å². The highest BCUT2D eigenvalue weighted by Crippen LogP contribution is 2.21. The minimum atomic E-state index is -3.83. The van der Waals surface area contributed by atoms with Crippen LogP contribution in [0.3, 0.4) is 0 Å². The van der Waals surface area contributed by atoms with Gasteiger partial charge in [0, 0.05) is 17.6 Å². The number of sulfonamides is 1. The predicted molar refractivity (Wildman–Crippen MR) is 104 cm³/mol. The van der Waals surface area contributed by atoms with E-state index in [1.54, 1.807) is 43.3 Å². The zero-order valence-corrected chi connectivity index (χ0v) is 16.1. The lowest BCUT2D eigenvalue weighted by Gasteiger charge is -2.10. The van der Waals surface area contributed by atoms with Crippen LogP contribution >= 0.6 is 0 Å². The van der Waals surface area contributed by atoms with Crippen LogP contribution in [0.1, 0.15) is 6.92 Å².